The summed E-state index contributed by atoms with van der Waals surface area (Å²) >= 11 is 0. The van der Waals surface area contributed by atoms with Gasteiger partial charge in [-0.15, -0.1) is 0 Å². The Kier molecular flexibility index (Phi) is 2.32. The normalized spacial score (nSPS) is 13.4. The van der Waals surface area contributed by atoms with Crippen LogP contribution in [-0.2, 0) is 9.63 Å². The Labute approximate surface area is 40.8 Å². The van der Waals surface area contributed by atoms with Crippen LogP contribution in [0.5, 0.6) is 0 Å². The molecule has 0 heterocycles. The van der Waals surface area contributed by atoms with Crippen LogP contribution in [-0.4, -0.2) is 17.2 Å². The van der Waals surface area contributed by atoms with E-state index in [4.69, 9.17) is 5.11 Å². The van der Waals surface area contributed by atoms with Gasteiger partial charge in [-0.2, -0.15) is 0 Å². The highest BCUT2D eigenvalue weighted by Gasteiger charge is 2.07. The molecule has 1 atom stereocenters. The first-order chi connectivity index (χ1) is 3.18. The van der Waals surface area contributed by atoms with Crippen molar-refractivity contribution < 1.29 is 14.7 Å². The molecule has 0 aliphatic carbocycles. The molecule has 1 unspecified atom stereocenters. The highest BCUT2D eigenvalue weighted by atomic mass is 16.6. The predicted octanol–water partition coefficient (Wildman–Crippen LogP) is -0.650. The molecule has 0 saturated carbocycles. The van der Waals surface area contributed by atoms with E-state index in [0.717, 1.165) is 0 Å². The maximum atomic E-state index is 9.73. The fraction of sp³-hybridized carbons (Fsp3) is 0.667. The lowest BCUT2D eigenvalue weighted by Gasteiger charge is -1.97. The summed E-state index contributed by atoms with van der Waals surface area (Å²) in [5.41, 5.74) is 0. The first-order valence-corrected chi connectivity index (χ1v) is 1.77. The molecule has 0 aliphatic heterocycles. The van der Waals surface area contributed by atoms with Crippen LogP contribution in [0.2, 0.25) is 0 Å². The van der Waals surface area contributed by atoms with Crippen molar-refractivity contribution in [2.75, 3.05) is 0 Å². The van der Waals surface area contributed by atoms with Crippen molar-refractivity contribution in [3.8, 4) is 0 Å². The summed E-state index contributed by atoms with van der Waals surface area (Å²) in [6.45, 7) is 1.35. The van der Waals surface area contributed by atoms with Crippen molar-refractivity contribution in [1.82, 2.24) is 0 Å². The van der Waals surface area contributed by atoms with Gasteiger partial charge in [0, 0.05) is 0 Å². The van der Waals surface area contributed by atoms with E-state index in [1.165, 1.54) is 6.92 Å². The van der Waals surface area contributed by atoms with E-state index >= 15 is 0 Å². The van der Waals surface area contributed by atoms with E-state index < -0.39 is 12.1 Å². The predicted molar refractivity (Wildman–Crippen MR) is 22.4 cm³/mol. The minimum Gasteiger partial charge on any atom is -0.479 e. The van der Waals surface area contributed by atoms with Crippen LogP contribution in [0.4, 0.5) is 0 Å². The second-order valence-corrected chi connectivity index (χ2v) is 1.12. The van der Waals surface area contributed by atoms with E-state index in [-0.39, 0.29) is 0 Å². The molecule has 0 spiro atoms. The van der Waals surface area contributed by atoms with Gasteiger partial charge in [-0.05, 0) is 6.92 Å². The van der Waals surface area contributed by atoms with Crippen LogP contribution in [0.25, 0.3) is 0 Å². The lowest BCUT2D eigenvalue weighted by Crippen LogP contribution is -2.22. The Morgan fingerprint density at radius 3 is 2.43 bits per heavy atom. The van der Waals surface area contributed by atoms with Crippen LogP contribution in [0, 0.1) is 0 Å². The van der Waals surface area contributed by atoms with Crippen molar-refractivity contribution in [3.05, 3.63) is 0 Å². The van der Waals surface area contributed by atoms with Gasteiger partial charge >= 0.3 is 5.97 Å². The molecule has 0 fully saturated rings. The molecule has 0 rings (SSSR count). The van der Waals surface area contributed by atoms with Crippen LogP contribution in [0.1, 0.15) is 6.92 Å². The summed E-state index contributed by atoms with van der Waals surface area (Å²) < 4.78 is 0. The Morgan fingerprint density at radius 2 is 2.43 bits per heavy atom. The Bertz CT molecular complexity index is 72.6. The van der Waals surface area contributed by atoms with Crippen molar-refractivity contribution in [2.24, 2.45) is 5.90 Å². The quantitative estimate of drug-likeness (QED) is 0.458. The zero-order valence-electron chi connectivity index (χ0n) is 3.92. The van der Waals surface area contributed by atoms with Crippen molar-refractivity contribution in [2.45, 2.75) is 13.0 Å². The summed E-state index contributed by atoms with van der Waals surface area (Å²) in [5, 5.41) is 7.98. The number of hydrogen-bond acceptors (Lipinski definition) is 3. The molecule has 4 nitrogen and oxygen atoms in total. The average molecular weight is 105 g/mol. The molecule has 0 bridgehead atoms. The largest absolute Gasteiger partial charge is 0.479 e. The number of carboxylic acid groups (broad SMARTS) is 1. The van der Waals surface area contributed by atoms with Gasteiger partial charge < -0.3 is 5.11 Å². The maximum Gasteiger partial charge on any atom is 0.334 e. The van der Waals surface area contributed by atoms with Gasteiger partial charge in [0.25, 0.3) is 0 Å². The molecule has 3 N–H and O–H groups in total. The average Bonchev–Trinajstić information content (AvgIpc) is 1.65. The minimum atomic E-state index is -1.05. The highest BCUT2D eigenvalue weighted by Crippen LogP contribution is 1.80. The molecule has 0 aromatic heterocycles. The fourth-order valence-electron chi connectivity index (χ4n) is 0.0582. The fourth-order valence-corrected chi connectivity index (χ4v) is 0.0582. The molecule has 0 radical (unpaired) electrons. The lowest BCUT2D eigenvalue weighted by atomic mass is 10.4. The van der Waals surface area contributed by atoms with Gasteiger partial charge in [0.15, 0.2) is 6.10 Å². The Balaban J connectivity index is 3.34. The molecule has 4 heteroatoms. The minimum absolute atomic E-state index is 0.903. The van der Waals surface area contributed by atoms with Crippen molar-refractivity contribution in [3.63, 3.8) is 0 Å². The molecule has 0 aromatic carbocycles. The second-order valence-electron chi connectivity index (χ2n) is 1.12. The Morgan fingerprint density at radius 1 is 2.00 bits per heavy atom. The molecule has 0 saturated heterocycles. The summed E-state index contributed by atoms with van der Waals surface area (Å²) in [6, 6.07) is 0. The second kappa shape index (κ2) is 2.54. The van der Waals surface area contributed by atoms with E-state index in [9.17, 15) is 4.79 Å². The van der Waals surface area contributed by atoms with Crippen LogP contribution in [0.3, 0.4) is 0 Å². The summed E-state index contributed by atoms with van der Waals surface area (Å²) in [4.78, 5) is 13.6. The lowest BCUT2D eigenvalue weighted by molar-refractivity contribution is -0.149. The van der Waals surface area contributed by atoms with Gasteiger partial charge in [0.05, 0.1) is 0 Å². The first-order valence-electron chi connectivity index (χ1n) is 1.77. The molecular formula is C3H7NO3. The standard InChI is InChI=1S/C3H7NO3/c1-2(7-4)3(5)6/h2H,4H2,1H3,(H,5,6). The highest BCUT2D eigenvalue weighted by molar-refractivity contribution is 5.71. The Hall–Kier alpha value is -0.610. The SMILES string of the molecule is CC(ON)C(=O)O. The smallest absolute Gasteiger partial charge is 0.334 e. The first kappa shape index (κ1) is 6.39. The maximum absolute atomic E-state index is 9.73. The third kappa shape index (κ3) is 2.13. The summed E-state index contributed by atoms with van der Waals surface area (Å²) in [5.74, 6) is 3.44. The molecule has 0 aliphatic rings. The molecule has 7 heavy (non-hydrogen) atoms. The number of nitrogens with two attached hydrogens (primary N) is 1. The summed E-state index contributed by atoms with van der Waals surface area (Å²) in [7, 11) is 0. The van der Waals surface area contributed by atoms with Crippen LogP contribution >= 0.6 is 0 Å². The van der Waals surface area contributed by atoms with Gasteiger partial charge in [0.1, 0.15) is 0 Å². The molecule has 42 valence electrons. The molecule has 0 amide bonds. The van der Waals surface area contributed by atoms with Crippen LogP contribution < -0.4 is 5.90 Å². The van der Waals surface area contributed by atoms with Gasteiger partial charge in [-0.1, -0.05) is 0 Å². The monoisotopic (exact) mass is 105 g/mol. The molecule has 0 aromatic rings. The van der Waals surface area contributed by atoms with Crippen LogP contribution in [0.15, 0.2) is 0 Å². The topological polar surface area (TPSA) is 72.5 Å². The zero-order chi connectivity index (χ0) is 5.86. The number of hydrogen-bond donors (Lipinski definition) is 2. The van der Waals surface area contributed by atoms with E-state index in [2.05, 4.69) is 10.7 Å². The summed E-state index contributed by atoms with van der Waals surface area (Å²) in [6.07, 6.45) is -0.903. The third-order valence-electron chi connectivity index (χ3n) is 0.552. The van der Waals surface area contributed by atoms with Crippen molar-refractivity contribution >= 4 is 5.97 Å². The van der Waals surface area contributed by atoms with E-state index in [1.54, 1.807) is 0 Å². The van der Waals surface area contributed by atoms with Gasteiger partial charge in [-0.25, -0.2) is 10.7 Å². The van der Waals surface area contributed by atoms with Gasteiger partial charge in [-0.3, -0.25) is 4.84 Å². The molecular weight excluding hydrogens is 98.0 g/mol. The number of aliphatic carboxylic acids is 1. The van der Waals surface area contributed by atoms with E-state index in [1.807, 2.05) is 0 Å². The zero-order valence-corrected chi connectivity index (χ0v) is 3.92. The number of carboxylic acids is 1. The van der Waals surface area contributed by atoms with Crippen molar-refractivity contribution in [1.29, 1.82) is 0 Å². The number of rotatable bonds is 2. The van der Waals surface area contributed by atoms with E-state index in [0.29, 0.717) is 0 Å². The van der Waals surface area contributed by atoms with Gasteiger partial charge in [0.2, 0.25) is 0 Å². The third-order valence-corrected chi connectivity index (χ3v) is 0.552. The number of carbonyl (C=O) groups is 1.